The molecular formula is C25H27N5. The van der Waals surface area contributed by atoms with E-state index in [9.17, 15) is 0 Å². The van der Waals surface area contributed by atoms with Gasteiger partial charge in [-0.2, -0.15) is 0 Å². The van der Waals surface area contributed by atoms with E-state index in [0.717, 1.165) is 50.9 Å². The molecule has 0 atom stereocenters. The molecule has 0 aliphatic rings. The zero-order chi connectivity index (χ0) is 21.1. The second-order valence-electron chi connectivity index (χ2n) is 7.28. The molecule has 152 valence electrons. The highest BCUT2D eigenvalue weighted by molar-refractivity contribution is 6.01. The summed E-state index contributed by atoms with van der Waals surface area (Å²) in [6, 6.07) is 15.1. The van der Waals surface area contributed by atoms with Crippen LogP contribution in [0.25, 0.3) is 44.1 Å². The van der Waals surface area contributed by atoms with Crippen molar-refractivity contribution < 1.29 is 0 Å². The molecule has 0 unspecified atom stereocenters. The fourth-order valence-electron chi connectivity index (χ4n) is 3.85. The Hall–Kier alpha value is -3.57. The van der Waals surface area contributed by atoms with Gasteiger partial charge in [0.25, 0.3) is 0 Å². The summed E-state index contributed by atoms with van der Waals surface area (Å²) in [6.45, 7) is 4.87. The lowest BCUT2D eigenvalue weighted by Crippen LogP contribution is -2.12. The molecule has 0 amide bonds. The van der Waals surface area contributed by atoms with Crippen molar-refractivity contribution in [3.63, 3.8) is 0 Å². The minimum absolute atomic E-state index is 0.751. The van der Waals surface area contributed by atoms with Crippen LogP contribution in [0.1, 0.15) is 11.3 Å². The van der Waals surface area contributed by atoms with Crippen molar-refractivity contribution in [2.45, 2.75) is 0 Å². The Bertz CT molecular complexity index is 1250. The Labute approximate surface area is 176 Å². The molecule has 0 radical (unpaired) electrons. The standard InChI is InChI=1S/C25H27N5/c1-16(28-4)22-14-29-24-9-8-18(10-21(22)24)20-7-5-6-17-11-25(30-15-23(17)20)19(12-26-2)13-27-3/h5-12,14-15,26-29H,1,13H2,2-4H3/b19-12+. The summed E-state index contributed by atoms with van der Waals surface area (Å²) in [5.41, 5.74) is 7.50. The first-order chi connectivity index (χ1) is 14.7. The molecule has 0 fully saturated rings. The quantitative estimate of drug-likeness (QED) is 0.374. The molecule has 0 spiro atoms. The Morgan fingerprint density at radius 3 is 2.73 bits per heavy atom. The Morgan fingerprint density at radius 2 is 1.97 bits per heavy atom. The number of aromatic amines is 1. The fourth-order valence-corrected chi connectivity index (χ4v) is 3.85. The number of aromatic nitrogens is 2. The lowest BCUT2D eigenvalue weighted by atomic mass is 9.97. The van der Waals surface area contributed by atoms with Crippen molar-refractivity contribution in [2.75, 3.05) is 27.7 Å². The third-order valence-electron chi connectivity index (χ3n) is 5.40. The van der Waals surface area contributed by atoms with Gasteiger partial charge in [-0.25, -0.2) is 0 Å². The van der Waals surface area contributed by atoms with Gasteiger partial charge in [0.1, 0.15) is 0 Å². The van der Waals surface area contributed by atoms with Gasteiger partial charge in [0.2, 0.25) is 0 Å². The maximum absolute atomic E-state index is 4.76. The number of nitrogens with zero attached hydrogens (tertiary/aromatic N) is 1. The highest BCUT2D eigenvalue weighted by atomic mass is 14.8. The van der Waals surface area contributed by atoms with Crippen LogP contribution in [0.4, 0.5) is 0 Å². The number of pyridine rings is 1. The van der Waals surface area contributed by atoms with E-state index in [1.165, 1.54) is 10.9 Å². The molecule has 0 aliphatic carbocycles. The lowest BCUT2D eigenvalue weighted by Gasteiger charge is -2.11. The summed E-state index contributed by atoms with van der Waals surface area (Å²) in [7, 11) is 5.74. The summed E-state index contributed by atoms with van der Waals surface area (Å²) in [5.74, 6) is 0. The predicted molar refractivity (Wildman–Crippen MR) is 128 cm³/mol. The number of fused-ring (bicyclic) bond motifs is 2. The van der Waals surface area contributed by atoms with Gasteiger partial charge in [-0.1, -0.05) is 30.8 Å². The first-order valence-corrected chi connectivity index (χ1v) is 10.0. The van der Waals surface area contributed by atoms with E-state index in [1.807, 2.05) is 39.7 Å². The van der Waals surface area contributed by atoms with E-state index in [2.05, 4.69) is 70.0 Å². The van der Waals surface area contributed by atoms with E-state index >= 15 is 0 Å². The van der Waals surface area contributed by atoms with Gasteiger partial charge in [0.05, 0.1) is 5.69 Å². The molecule has 2 heterocycles. The third kappa shape index (κ3) is 3.55. The summed E-state index contributed by atoms with van der Waals surface area (Å²) < 4.78 is 0. The van der Waals surface area contributed by atoms with Crippen LogP contribution in [0.15, 0.2) is 67.6 Å². The molecule has 4 rings (SSSR count). The van der Waals surface area contributed by atoms with Crippen molar-refractivity contribution in [2.24, 2.45) is 0 Å². The number of benzene rings is 2. The van der Waals surface area contributed by atoms with Gasteiger partial charge in [-0.3, -0.25) is 4.98 Å². The zero-order valence-electron chi connectivity index (χ0n) is 17.6. The zero-order valence-corrected chi connectivity index (χ0v) is 17.6. The Kier molecular flexibility index (Phi) is 5.55. The third-order valence-corrected chi connectivity index (χ3v) is 5.40. The Balaban J connectivity index is 1.83. The monoisotopic (exact) mass is 397 g/mol. The fraction of sp³-hybridized carbons (Fsp3) is 0.160. The molecule has 30 heavy (non-hydrogen) atoms. The van der Waals surface area contributed by atoms with Crippen LogP contribution in [0, 0.1) is 0 Å². The first-order valence-electron chi connectivity index (χ1n) is 10.0. The van der Waals surface area contributed by atoms with Gasteiger partial charge in [-0.15, -0.1) is 0 Å². The molecule has 0 saturated carbocycles. The van der Waals surface area contributed by atoms with Gasteiger partial charge < -0.3 is 20.9 Å². The van der Waals surface area contributed by atoms with Crippen LogP contribution in [0.2, 0.25) is 0 Å². The van der Waals surface area contributed by atoms with Crippen molar-refractivity contribution in [3.8, 4) is 11.1 Å². The summed E-state index contributed by atoms with van der Waals surface area (Å²) >= 11 is 0. The molecule has 4 N–H and O–H groups in total. The molecule has 5 nitrogen and oxygen atoms in total. The second-order valence-corrected chi connectivity index (χ2v) is 7.28. The molecule has 5 heteroatoms. The molecule has 2 aromatic heterocycles. The SMILES string of the molecule is C=C(NC)c1c[nH]c2ccc(-c3cccc4cc(/C(=C/NC)CNC)ncc34)cc12. The molecular weight excluding hydrogens is 370 g/mol. The van der Waals surface area contributed by atoms with E-state index in [4.69, 9.17) is 4.98 Å². The average Bonchev–Trinajstić information content (AvgIpc) is 3.21. The van der Waals surface area contributed by atoms with Gasteiger partial charge in [0.15, 0.2) is 0 Å². The van der Waals surface area contributed by atoms with Crippen LogP contribution >= 0.6 is 0 Å². The smallest absolute Gasteiger partial charge is 0.0695 e. The number of rotatable bonds is 7. The van der Waals surface area contributed by atoms with E-state index in [0.29, 0.717) is 0 Å². The minimum atomic E-state index is 0.751. The van der Waals surface area contributed by atoms with Crippen LogP contribution in [-0.2, 0) is 0 Å². The highest BCUT2D eigenvalue weighted by Gasteiger charge is 2.11. The van der Waals surface area contributed by atoms with Gasteiger partial charge in [0, 0.05) is 72.4 Å². The van der Waals surface area contributed by atoms with Crippen LogP contribution in [0.3, 0.4) is 0 Å². The summed E-state index contributed by atoms with van der Waals surface area (Å²) in [6.07, 6.45) is 5.97. The maximum atomic E-state index is 4.76. The summed E-state index contributed by atoms with van der Waals surface area (Å²) in [4.78, 5) is 8.10. The molecule has 0 bridgehead atoms. The number of hydrogen-bond acceptors (Lipinski definition) is 4. The lowest BCUT2D eigenvalue weighted by molar-refractivity contribution is 0.918. The van der Waals surface area contributed by atoms with Crippen molar-refractivity contribution in [1.82, 2.24) is 25.9 Å². The van der Waals surface area contributed by atoms with Crippen LogP contribution < -0.4 is 16.0 Å². The molecule has 0 saturated heterocycles. The minimum Gasteiger partial charge on any atom is -0.394 e. The maximum Gasteiger partial charge on any atom is 0.0695 e. The largest absolute Gasteiger partial charge is 0.394 e. The van der Waals surface area contributed by atoms with E-state index in [-0.39, 0.29) is 0 Å². The van der Waals surface area contributed by atoms with Crippen molar-refractivity contribution in [3.05, 3.63) is 78.9 Å². The second kappa shape index (κ2) is 8.43. The van der Waals surface area contributed by atoms with Crippen LogP contribution in [0.5, 0.6) is 0 Å². The first kappa shape index (κ1) is 19.7. The topological polar surface area (TPSA) is 64.8 Å². The predicted octanol–water partition coefficient (Wildman–Crippen LogP) is 4.35. The van der Waals surface area contributed by atoms with E-state index < -0.39 is 0 Å². The Morgan fingerprint density at radius 1 is 1.10 bits per heavy atom. The highest BCUT2D eigenvalue weighted by Crippen LogP contribution is 2.33. The molecule has 4 aromatic rings. The average molecular weight is 398 g/mol. The van der Waals surface area contributed by atoms with Gasteiger partial charge in [-0.05, 0) is 41.8 Å². The number of nitrogens with one attached hydrogen (secondary N) is 4. The van der Waals surface area contributed by atoms with Crippen molar-refractivity contribution in [1.29, 1.82) is 0 Å². The molecule has 0 aliphatic heterocycles. The number of likely N-dealkylation sites (N-methyl/N-ethyl adjacent to an activating group) is 1. The van der Waals surface area contributed by atoms with Crippen LogP contribution in [-0.4, -0.2) is 37.7 Å². The molecule has 2 aromatic carbocycles. The van der Waals surface area contributed by atoms with Crippen molar-refractivity contribution >= 4 is 32.9 Å². The number of hydrogen-bond donors (Lipinski definition) is 4. The normalized spacial score (nSPS) is 11.8. The summed E-state index contributed by atoms with van der Waals surface area (Å²) in [5, 5.41) is 12.9. The van der Waals surface area contributed by atoms with E-state index in [1.54, 1.807) is 0 Å². The number of H-pyrrole nitrogens is 1. The van der Waals surface area contributed by atoms with Gasteiger partial charge >= 0.3 is 0 Å².